The standard InChI is InChI=1S/C17H17N3O/c18-14-5-3-12-9-13-4-6-15(19-7-1-2-8-21)11-17(13)20-16(12)10-14/h3-6,8-11,19H,1-2,7,18H2. The topological polar surface area (TPSA) is 68.0 Å². The molecule has 0 bridgehead atoms. The number of unbranched alkanes of at least 4 members (excludes halogenated alkanes) is 1. The van der Waals surface area contributed by atoms with E-state index in [1.165, 1.54) is 0 Å². The quantitative estimate of drug-likeness (QED) is 0.325. The van der Waals surface area contributed by atoms with Gasteiger partial charge in [-0.05, 0) is 36.8 Å². The van der Waals surface area contributed by atoms with Crippen LogP contribution in [-0.4, -0.2) is 17.8 Å². The van der Waals surface area contributed by atoms with E-state index in [4.69, 9.17) is 5.73 Å². The predicted molar refractivity (Wildman–Crippen MR) is 87.4 cm³/mol. The zero-order valence-electron chi connectivity index (χ0n) is 11.7. The molecule has 4 nitrogen and oxygen atoms in total. The maximum atomic E-state index is 10.3. The molecular formula is C17H17N3O. The van der Waals surface area contributed by atoms with Crippen LogP contribution in [0.15, 0.2) is 42.5 Å². The highest BCUT2D eigenvalue weighted by atomic mass is 16.1. The Hall–Kier alpha value is -2.62. The lowest BCUT2D eigenvalue weighted by atomic mass is 10.1. The number of nitrogen functional groups attached to an aromatic ring is 1. The third kappa shape index (κ3) is 2.94. The van der Waals surface area contributed by atoms with E-state index < -0.39 is 0 Å². The van der Waals surface area contributed by atoms with Crippen molar-refractivity contribution in [1.82, 2.24) is 4.98 Å². The van der Waals surface area contributed by atoms with Gasteiger partial charge in [0.25, 0.3) is 0 Å². The Kier molecular flexibility index (Phi) is 3.69. The number of nitrogens with zero attached hydrogens (tertiary/aromatic N) is 1. The fraction of sp³-hybridized carbons (Fsp3) is 0.176. The molecule has 3 N–H and O–H groups in total. The molecule has 106 valence electrons. The second kappa shape index (κ2) is 5.79. The Balaban J connectivity index is 1.92. The first-order valence-corrected chi connectivity index (χ1v) is 7.04. The second-order valence-electron chi connectivity index (χ2n) is 5.08. The molecule has 0 aliphatic carbocycles. The Morgan fingerprint density at radius 2 is 1.81 bits per heavy atom. The molecule has 0 aliphatic heterocycles. The lowest BCUT2D eigenvalue weighted by Crippen LogP contribution is -2.01. The molecular weight excluding hydrogens is 262 g/mol. The minimum absolute atomic E-state index is 0.586. The van der Waals surface area contributed by atoms with Crippen LogP contribution in [0.1, 0.15) is 12.8 Å². The van der Waals surface area contributed by atoms with Gasteiger partial charge in [-0.2, -0.15) is 0 Å². The summed E-state index contributed by atoms with van der Waals surface area (Å²) in [5.41, 5.74) is 9.39. The van der Waals surface area contributed by atoms with Crippen molar-refractivity contribution in [2.45, 2.75) is 12.8 Å². The number of nitrogens with one attached hydrogen (secondary N) is 1. The highest BCUT2D eigenvalue weighted by Gasteiger charge is 2.02. The van der Waals surface area contributed by atoms with Crippen LogP contribution in [0.3, 0.4) is 0 Å². The van der Waals surface area contributed by atoms with Crippen molar-refractivity contribution in [1.29, 1.82) is 0 Å². The van der Waals surface area contributed by atoms with Gasteiger partial charge in [-0.3, -0.25) is 0 Å². The Morgan fingerprint density at radius 3 is 2.62 bits per heavy atom. The first-order valence-electron chi connectivity index (χ1n) is 7.04. The van der Waals surface area contributed by atoms with Gasteiger partial charge in [0, 0.05) is 35.1 Å². The summed E-state index contributed by atoms with van der Waals surface area (Å²) in [6.07, 6.45) is 2.37. The number of carbonyl (C=O) groups is 1. The lowest BCUT2D eigenvalue weighted by molar-refractivity contribution is -0.107. The first kappa shape index (κ1) is 13.4. The molecule has 21 heavy (non-hydrogen) atoms. The van der Waals surface area contributed by atoms with Crippen molar-refractivity contribution in [3.8, 4) is 0 Å². The molecule has 1 aromatic heterocycles. The number of aldehydes is 1. The molecule has 0 aliphatic rings. The predicted octanol–water partition coefficient (Wildman–Crippen LogP) is 3.36. The van der Waals surface area contributed by atoms with Gasteiger partial charge < -0.3 is 15.8 Å². The fourth-order valence-corrected chi connectivity index (χ4v) is 2.37. The van der Waals surface area contributed by atoms with E-state index >= 15 is 0 Å². The van der Waals surface area contributed by atoms with Crippen molar-refractivity contribution >= 4 is 39.5 Å². The monoisotopic (exact) mass is 279 g/mol. The fourth-order valence-electron chi connectivity index (χ4n) is 2.37. The van der Waals surface area contributed by atoms with Crippen LogP contribution in [0.2, 0.25) is 0 Å². The van der Waals surface area contributed by atoms with Crippen molar-refractivity contribution in [2.75, 3.05) is 17.6 Å². The summed E-state index contributed by atoms with van der Waals surface area (Å²) in [4.78, 5) is 15.0. The molecule has 0 saturated heterocycles. The number of benzene rings is 2. The second-order valence-corrected chi connectivity index (χ2v) is 5.08. The van der Waals surface area contributed by atoms with Crippen LogP contribution in [0.4, 0.5) is 11.4 Å². The average molecular weight is 279 g/mol. The molecule has 0 saturated carbocycles. The van der Waals surface area contributed by atoms with Gasteiger partial charge in [0.15, 0.2) is 0 Å². The van der Waals surface area contributed by atoms with Gasteiger partial charge in [-0.15, -0.1) is 0 Å². The summed E-state index contributed by atoms with van der Waals surface area (Å²) in [6, 6.07) is 14.0. The van der Waals surface area contributed by atoms with Crippen molar-refractivity contribution < 1.29 is 4.79 Å². The largest absolute Gasteiger partial charge is 0.399 e. The average Bonchev–Trinajstić information content (AvgIpc) is 2.49. The van der Waals surface area contributed by atoms with E-state index in [-0.39, 0.29) is 0 Å². The summed E-state index contributed by atoms with van der Waals surface area (Å²) >= 11 is 0. The third-order valence-corrected chi connectivity index (χ3v) is 3.46. The number of hydrogen-bond donors (Lipinski definition) is 2. The number of carbonyl (C=O) groups excluding carboxylic acids is 1. The molecule has 3 rings (SSSR count). The number of hydrogen-bond acceptors (Lipinski definition) is 4. The van der Waals surface area contributed by atoms with Crippen LogP contribution < -0.4 is 11.1 Å². The maximum Gasteiger partial charge on any atom is 0.120 e. The SMILES string of the molecule is Nc1ccc2cc3ccc(NCCCC=O)cc3nc2c1. The number of nitrogens with two attached hydrogens (primary N) is 1. The molecule has 0 radical (unpaired) electrons. The number of rotatable bonds is 5. The zero-order valence-corrected chi connectivity index (χ0v) is 11.7. The first-order chi connectivity index (χ1) is 10.3. The molecule has 1 heterocycles. The van der Waals surface area contributed by atoms with Gasteiger partial charge in [0.2, 0.25) is 0 Å². The van der Waals surface area contributed by atoms with Crippen molar-refractivity contribution in [3.05, 3.63) is 42.5 Å². The third-order valence-electron chi connectivity index (χ3n) is 3.46. The van der Waals surface area contributed by atoms with E-state index in [9.17, 15) is 4.79 Å². The Morgan fingerprint density at radius 1 is 1.05 bits per heavy atom. The molecule has 0 unspecified atom stereocenters. The Bertz CT molecular complexity index is 798. The number of pyridine rings is 1. The summed E-state index contributed by atoms with van der Waals surface area (Å²) in [6.45, 7) is 0.783. The van der Waals surface area contributed by atoms with Crippen molar-refractivity contribution in [3.63, 3.8) is 0 Å². The van der Waals surface area contributed by atoms with E-state index in [0.717, 1.165) is 52.4 Å². The van der Waals surface area contributed by atoms with Gasteiger partial charge in [-0.25, -0.2) is 4.98 Å². The van der Waals surface area contributed by atoms with Gasteiger partial charge in [0.1, 0.15) is 6.29 Å². The molecule has 2 aromatic carbocycles. The number of anilines is 2. The minimum Gasteiger partial charge on any atom is -0.399 e. The van der Waals surface area contributed by atoms with Crippen LogP contribution in [0.5, 0.6) is 0 Å². The highest BCUT2D eigenvalue weighted by Crippen LogP contribution is 2.23. The molecule has 4 heteroatoms. The van der Waals surface area contributed by atoms with Crippen LogP contribution in [0.25, 0.3) is 21.8 Å². The van der Waals surface area contributed by atoms with Crippen LogP contribution >= 0.6 is 0 Å². The minimum atomic E-state index is 0.586. The molecule has 0 fully saturated rings. The van der Waals surface area contributed by atoms with E-state index in [1.807, 2.05) is 30.3 Å². The van der Waals surface area contributed by atoms with E-state index in [0.29, 0.717) is 6.42 Å². The van der Waals surface area contributed by atoms with Crippen LogP contribution in [0, 0.1) is 0 Å². The summed E-state index contributed by atoms with van der Waals surface area (Å²) in [5, 5.41) is 5.50. The van der Waals surface area contributed by atoms with Gasteiger partial charge in [0.05, 0.1) is 11.0 Å². The number of fused-ring (bicyclic) bond motifs is 2. The van der Waals surface area contributed by atoms with Crippen LogP contribution in [-0.2, 0) is 4.79 Å². The lowest BCUT2D eigenvalue weighted by Gasteiger charge is -2.07. The molecule has 0 atom stereocenters. The molecule has 0 spiro atoms. The number of aromatic nitrogens is 1. The van der Waals surface area contributed by atoms with Gasteiger partial charge >= 0.3 is 0 Å². The van der Waals surface area contributed by atoms with Crippen molar-refractivity contribution in [2.24, 2.45) is 0 Å². The summed E-state index contributed by atoms with van der Waals surface area (Å²) in [5.74, 6) is 0. The Labute approximate surface area is 123 Å². The molecule has 0 amide bonds. The normalized spacial score (nSPS) is 10.9. The maximum absolute atomic E-state index is 10.3. The van der Waals surface area contributed by atoms with E-state index in [2.05, 4.69) is 22.4 Å². The van der Waals surface area contributed by atoms with Gasteiger partial charge in [-0.1, -0.05) is 12.1 Å². The summed E-state index contributed by atoms with van der Waals surface area (Å²) < 4.78 is 0. The summed E-state index contributed by atoms with van der Waals surface area (Å²) in [7, 11) is 0. The smallest absolute Gasteiger partial charge is 0.120 e. The zero-order chi connectivity index (χ0) is 14.7. The highest BCUT2D eigenvalue weighted by molar-refractivity contribution is 5.94. The van der Waals surface area contributed by atoms with E-state index in [1.54, 1.807) is 0 Å². The molecule has 3 aromatic rings.